The Labute approximate surface area is 99.2 Å². The van der Waals surface area contributed by atoms with E-state index in [1.807, 2.05) is 36.4 Å². The van der Waals surface area contributed by atoms with E-state index in [2.05, 4.69) is 10.6 Å². The second-order valence-electron chi connectivity index (χ2n) is 4.37. The molecule has 0 amide bonds. The number of rotatable bonds is 1. The third-order valence-corrected chi connectivity index (χ3v) is 3.31. The van der Waals surface area contributed by atoms with E-state index in [-0.39, 0.29) is 0 Å². The highest BCUT2D eigenvalue weighted by Gasteiger charge is 2.50. The summed E-state index contributed by atoms with van der Waals surface area (Å²) in [6.45, 7) is 0. The number of aldehydes is 1. The van der Waals surface area contributed by atoms with Gasteiger partial charge in [0.15, 0.2) is 11.8 Å². The summed E-state index contributed by atoms with van der Waals surface area (Å²) in [5.41, 5.74) is 6.19. The van der Waals surface area contributed by atoms with Crippen LogP contribution in [0.15, 0.2) is 48.6 Å². The summed E-state index contributed by atoms with van der Waals surface area (Å²) in [7, 11) is 0. The van der Waals surface area contributed by atoms with Crippen molar-refractivity contribution in [1.82, 2.24) is 0 Å². The number of carbonyl (C=O) groups is 1. The highest BCUT2D eigenvalue weighted by atomic mass is 16.1. The zero-order valence-electron chi connectivity index (χ0n) is 9.18. The van der Waals surface area contributed by atoms with Crippen LogP contribution in [0.2, 0.25) is 0 Å². The second-order valence-corrected chi connectivity index (χ2v) is 4.37. The van der Waals surface area contributed by atoms with Gasteiger partial charge in [-0.1, -0.05) is 24.3 Å². The molecule has 1 aliphatic heterocycles. The first-order chi connectivity index (χ1) is 8.19. The van der Waals surface area contributed by atoms with Crippen molar-refractivity contribution < 1.29 is 4.79 Å². The van der Waals surface area contributed by atoms with E-state index in [1.54, 1.807) is 12.2 Å². The van der Waals surface area contributed by atoms with Crippen molar-refractivity contribution in [1.29, 1.82) is 0 Å². The molecule has 1 aromatic carbocycles. The summed E-state index contributed by atoms with van der Waals surface area (Å²) >= 11 is 0. The van der Waals surface area contributed by atoms with Crippen LogP contribution in [0.5, 0.6) is 0 Å². The van der Waals surface area contributed by atoms with Crippen molar-refractivity contribution in [2.45, 2.75) is 11.2 Å². The van der Waals surface area contributed by atoms with E-state index in [0.29, 0.717) is 0 Å². The Morgan fingerprint density at radius 2 is 1.71 bits per heavy atom. The molecule has 0 spiro atoms. The molecule has 0 bridgehead atoms. The van der Waals surface area contributed by atoms with Gasteiger partial charge < -0.3 is 21.2 Å². The highest BCUT2D eigenvalue weighted by molar-refractivity contribution is 5.87. The van der Waals surface area contributed by atoms with Crippen LogP contribution in [0.25, 0.3) is 0 Å². The van der Waals surface area contributed by atoms with E-state index in [0.717, 1.165) is 17.7 Å². The number of nitrogens with one attached hydrogen (secondary N) is 2. The monoisotopic (exact) mass is 227 g/mol. The van der Waals surface area contributed by atoms with Gasteiger partial charge in [0.25, 0.3) is 0 Å². The molecule has 1 aliphatic carbocycles. The average molecular weight is 227 g/mol. The van der Waals surface area contributed by atoms with E-state index in [4.69, 9.17) is 5.73 Å². The van der Waals surface area contributed by atoms with Gasteiger partial charge in [-0.3, -0.25) is 0 Å². The van der Waals surface area contributed by atoms with E-state index in [9.17, 15) is 4.79 Å². The highest BCUT2D eigenvalue weighted by Crippen LogP contribution is 2.38. The largest absolute Gasteiger partial charge is 0.365 e. The Hall–Kier alpha value is -2.07. The molecule has 0 saturated carbocycles. The van der Waals surface area contributed by atoms with E-state index < -0.39 is 11.2 Å². The van der Waals surface area contributed by atoms with Crippen molar-refractivity contribution in [3.63, 3.8) is 0 Å². The molecule has 4 nitrogen and oxygen atoms in total. The lowest BCUT2D eigenvalue weighted by molar-refractivity contribution is -0.111. The van der Waals surface area contributed by atoms with Crippen LogP contribution in [0.1, 0.15) is 0 Å². The summed E-state index contributed by atoms with van der Waals surface area (Å²) in [6.07, 6.45) is 8.08. The number of carbonyl (C=O) groups excluding carboxylic acids is 1. The Bertz CT molecular complexity index is 537. The van der Waals surface area contributed by atoms with Crippen molar-refractivity contribution >= 4 is 17.7 Å². The van der Waals surface area contributed by atoms with Crippen molar-refractivity contribution in [2.24, 2.45) is 5.73 Å². The maximum atomic E-state index is 11.5. The molecule has 1 aromatic rings. The van der Waals surface area contributed by atoms with Gasteiger partial charge in [-0.05, 0) is 24.3 Å². The molecule has 0 saturated heterocycles. The van der Waals surface area contributed by atoms with Gasteiger partial charge in [0.1, 0.15) is 5.66 Å². The smallest absolute Gasteiger partial charge is 0.153 e. The van der Waals surface area contributed by atoms with Gasteiger partial charge in [-0.25, -0.2) is 0 Å². The number of para-hydroxylation sites is 2. The van der Waals surface area contributed by atoms with Gasteiger partial charge in [0.05, 0.1) is 11.4 Å². The average Bonchev–Trinajstić information content (AvgIpc) is 2.35. The van der Waals surface area contributed by atoms with E-state index in [1.165, 1.54) is 0 Å². The number of anilines is 2. The van der Waals surface area contributed by atoms with Crippen LogP contribution < -0.4 is 16.4 Å². The summed E-state index contributed by atoms with van der Waals surface area (Å²) in [5, 5.41) is 6.42. The Balaban J connectivity index is 2.17. The van der Waals surface area contributed by atoms with Crippen LogP contribution in [0.4, 0.5) is 11.4 Å². The number of hydrogen-bond acceptors (Lipinski definition) is 4. The summed E-state index contributed by atoms with van der Waals surface area (Å²) in [4.78, 5) is 11.5. The quantitative estimate of drug-likeness (QED) is 0.631. The normalized spacial score (nSPS) is 33.0. The molecule has 2 unspecified atom stereocenters. The van der Waals surface area contributed by atoms with Crippen LogP contribution >= 0.6 is 0 Å². The third kappa shape index (κ3) is 1.24. The standard InChI is InChI=1S/C13H13N3O/c14-13-8-4-3-7-12(13,9-17)15-10-5-1-2-6-11(10)16-13/h1-9,15-16H,14H2. The lowest BCUT2D eigenvalue weighted by Crippen LogP contribution is -2.70. The molecule has 3 rings (SSSR count). The molecular weight excluding hydrogens is 214 g/mol. The zero-order chi connectivity index (χ0) is 11.9. The van der Waals surface area contributed by atoms with Gasteiger partial charge in [-0.2, -0.15) is 0 Å². The Kier molecular flexibility index (Phi) is 1.91. The fourth-order valence-electron chi connectivity index (χ4n) is 2.29. The summed E-state index contributed by atoms with van der Waals surface area (Å²) in [5.74, 6) is 0. The van der Waals surface area contributed by atoms with Crippen molar-refractivity contribution in [2.75, 3.05) is 10.6 Å². The van der Waals surface area contributed by atoms with Gasteiger partial charge in [0, 0.05) is 0 Å². The molecule has 0 aromatic heterocycles. The SMILES string of the molecule is NC12C=CC=CC1(C=O)Nc1ccccc1N2. The fraction of sp³-hybridized carbons (Fsp3) is 0.154. The van der Waals surface area contributed by atoms with Crippen molar-refractivity contribution in [3.8, 4) is 0 Å². The first-order valence-electron chi connectivity index (χ1n) is 5.47. The molecule has 0 radical (unpaired) electrons. The fourth-order valence-corrected chi connectivity index (χ4v) is 2.29. The zero-order valence-corrected chi connectivity index (χ0v) is 9.18. The molecule has 17 heavy (non-hydrogen) atoms. The molecule has 0 fully saturated rings. The maximum absolute atomic E-state index is 11.5. The first kappa shape index (κ1) is 10.1. The van der Waals surface area contributed by atoms with Gasteiger partial charge in [-0.15, -0.1) is 0 Å². The Morgan fingerprint density at radius 3 is 2.41 bits per heavy atom. The number of hydrogen-bond donors (Lipinski definition) is 3. The van der Waals surface area contributed by atoms with Crippen LogP contribution in [-0.2, 0) is 4.79 Å². The second kappa shape index (κ2) is 3.21. The molecule has 1 heterocycles. The number of nitrogens with two attached hydrogens (primary N) is 1. The molecule has 2 atom stereocenters. The Morgan fingerprint density at radius 1 is 1.06 bits per heavy atom. The number of benzene rings is 1. The van der Waals surface area contributed by atoms with Gasteiger partial charge >= 0.3 is 0 Å². The molecule has 86 valence electrons. The molecule has 4 heteroatoms. The van der Waals surface area contributed by atoms with Crippen molar-refractivity contribution in [3.05, 3.63) is 48.6 Å². The lowest BCUT2D eigenvalue weighted by atomic mass is 9.79. The predicted octanol–water partition coefficient (Wildman–Crippen LogP) is 1.24. The minimum Gasteiger partial charge on any atom is -0.365 e. The van der Waals surface area contributed by atoms with Crippen LogP contribution in [0, 0.1) is 0 Å². The number of fused-ring (bicyclic) bond motifs is 2. The van der Waals surface area contributed by atoms with E-state index >= 15 is 0 Å². The third-order valence-electron chi connectivity index (χ3n) is 3.31. The summed E-state index contributed by atoms with van der Waals surface area (Å²) < 4.78 is 0. The molecule has 2 aliphatic rings. The minimum absolute atomic E-state index is 0.843. The maximum Gasteiger partial charge on any atom is 0.153 e. The molecular formula is C13H13N3O. The molecule has 4 N–H and O–H groups in total. The topological polar surface area (TPSA) is 67.2 Å². The summed E-state index contributed by atoms with van der Waals surface area (Å²) in [6, 6.07) is 7.68. The predicted molar refractivity (Wildman–Crippen MR) is 67.7 cm³/mol. The first-order valence-corrected chi connectivity index (χ1v) is 5.47. The van der Waals surface area contributed by atoms with Gasteiger partial charge in [0.2, 0.25) is 0 Å². The van der Waals surface area contributed by atoms with Crippen LogP contribution in [-0.4, -0.2) is 17.5 Å². The minimum atomic E-state index is -0.934. The van der Waals surface area contributed by atoms with Crippen LogP contribution in [0.3, 0.4) is 0 Å². The number of allylic oxidation sites excluding steroid dienone is 2. The lowest BCUT2D eigenvalue weighted by Gasteiger charge is -2.48.